The van der Waals surface area contributed by atoms with Gasteiger partial charge < -0.3 is 5.32 Å². The van der Waals surface area contributed by atoms with E-state index < -0.39 is 0 Å². The molecule has 0 aliphatic heterocycles. The molecular formula is C19H19BrClNO. The van der Waals surface area contributed by atoms with Crippen molar-refractivity contribution in [2.24, 2.45) is 0 Å². The van der Waals surface area contributed by atoms with Gasteiger partial charge in [0, 0.05) is 21.0 Å². The van der Waals surface area contributed by atoms with Gasteiger partial charge in [0.25, 0.3) is 0 Å². The molecule has 1 aliphatic rings. The van der Waals surface area contributed by atoms with Crippen molar-refractivity contribution in [1.29, 1.82) is 0 Å². The first-order valence-corrected chi connectivity index (χ1v) is 8.96. The number of hydrogen-bond acceptors (Lipinski definition) is 1. The molecule has 3 rings (SSSR count). The Balaban J connectivity index is 1.64. The Hall–Kier alpha value is -1.32. The highest BCUT2D eigenvalue weighted by atomic mass is 79.9. The van der Waals surface area contributed by atoms with Gasteiger partial charge in [-0.25, -0.2) is 0 Å². The number of carbonyl (C=O) groups is 1. The fourth-order valence-electron chi connectivity index (χ4n) is 3.11. The maximum Gasteiger partial charge on any atom is 0.224 e. The molecule has 4 heteroatoms. The van der Waals surface area contributed by atoms with Crippen molar-refractivity contribution < 1.29 is 4.79 Å². The highest BCUT2D eigenvalue weighted by Crippen LogP contribution is 2.51. The molecule has 1 unspecified atom stereocenters. The first-order chi connectivity index (χ1) is 11.0. The quantitative estimate of drug-likeness (QED) is 0.772. The van der Waals surface area contributed by atoms with E-state index in [2.05, 4.69) is 52.4 Å². The zero-order valence-corrected chi connectivity index (χ0v) is 15.3. The van der Waals surface area contributed by atoms with Crippen LogP contribution in [0.1, 0.15) is 30.9 Å². The predicted octanol–water partition coefficient (Wildman–Crippen LogP) is 4.88. The summed E-state index contributed by atoms with van der Waals surface area (Å²) in [6.07, 6.45) is 2.63. The lowest BCUT2D eigenvalue weighted by atomic mass is 9.89. The van der Waals surface area contributed by atoms with Crippen LogP contribution in [-0.2, 0) is 16.6 Å². The van der Waals surface area contributed by atoms with Gasteiger partial charge in [0.1, 0.15) is 0 Å². The third-order valence-electron chi connectivity index (χ3n) is 4.69. The lowest BCUT2D eigenvalue weighted by Gasteiger charge is -2.25. The minimum atomic E-state index is 0.0585. The van der Waals surface area contributed by atoms with Gasteiger partial charge in [0.15, 0.2) is 0 Å². The summed E-state index contributed by atoms with van der Waals surface area (Å²) < 4.78 is 1.08. The molecule has 0 aromatic heterocycles. The number of hydrogen-bond donors (Lipinski definition) is 1. The fraction of sp³-hybridized carbons (Fsp3) is 0.316. The first kappa shape index (κ1) is 16.5. The number of amides is 1. The Morgan fingerprint density at radius 1 is 1.17 bits per heavy atom. The Morgan fingerprint density at radius 2 is 1.78 bits per heavy atom. The second-order valence-corrected chi connectivity index (χ2v) is 7.61. The van der Waals surface area contributed by atoms with Gasteiger partial charge in [-0.1, -0.05) is 51.8 Å². The van der Waals surface area contributed by atoms with Crippen molar-refractivity contribution in [1.82, 2.24) is 5.32 Å². The van der Waals surface area contributed by atoms with Gasteiger partial charge in [-0.05, 0) is 55.2 Å². The molecule has 0 saturated heterocycles. The van der Waals surface area contributed by atoms with E-state index in [-0.39, 0.29) is 17.4 Å². The summed E-state index contributed by atoms with van der Waals surface area (Å²) in [5.74, 6) is 0.0585. The zero-order chi connectivity index (χ0) is 16.4. The summed E-state index contributed by atoms with van der Waals surface area (Å²) in [4.78, 5) is 12.3. The van der Waals surface area contributed by atoms with E-state index in [9.17, 15) is 4.79 Å². The van der Waals surface area contributed by atoms with E-state index in [1.54, 1.807) is 0 Å². The first-order valence-electron chi connectivity index (χ1n) is 7.79. The third kappa shape index (κ3) is 3.78. The molecule has 0 heterocycles. The van der Waals surface area contributed by atoms with Gasteiger partial charge in [-0.15, -0.1) is 0 Å². The van der Waals surface area contributed by atoms with Crippen molar-refractivity contribution in [3.8, 4) is 0 Å². The molecule has 1 aliphatic carbocycles. The predicted molar refractivity (Wildman–Crippen MR) is 97.8 cm³/mol. The second-order valence-electron chi connectivity index (χ2n) is 6.26. The molecule has 0 radical (unpaired) electrons. The van der Waals surface area contributed by atoms with Crippen LogP contribution in [0.5, 0.6) is 0 Å². The number of carbonyl (C=O) groups excluding carboxylic acids is 1. The van der Waals surface area contributed by atoms with Gasteiger partial charge in [-0.2, -0.15) is 0 Å². The van der Waals surface area contributed by atoms with E-state index in [1.807, 2.05) is 24.3 Å². The molecule has 1 fully saturated rings. The van der Waals surface area contributed by atoms with Crippen LogP contribution in [0.4, 0.5) is 0 Å². The highest BCUT2D eigenvalue weighted by Gasteiger charge is 2.49. The molecule has 1 atom stereocenters. The van der Waals surface area contributed by atoms with Crippen LogP contribution in [0.3, 0.4) is 0 Å². The Labute approximate surface area is 150 Å². The molecule has 2 aromatic carbocycles. The Kier molecular flexibility index (Phi) is 4.79. The van der Waals surface area contributed by atoms with Gasteiger partial charge >= 0.3 is 0 Å². The van der Waals surface area contributed by atoms with E-state index in [1.165, 1.54) is 5.56 Å². The van der Waals surface area contributed by atoms with Crippen molar-refractivity contribution in [2.75, 3.05) is 0 Å². The van der Waals surface area contributed by atoms with Crippen molar-refractivity contribution in [3.63, 3.8) is 0 Å². The minimum absolute atomic E-state index is 0.0585. The van der Waals surface area contributed by atoms with E-state index in [0.29, 0.717) is 11.4 Å². The van der Waals surface area contributed by atoms with Crippen molar-refractivity contribution >= 4 is 33.4 Å². The SMILES string of the molecule is CC(NC(=O)Cc1ccc(Cl)cc1)C1(c2ccc(Br)cc2)CC1. The molecule has 0 spiro atoms. The smallest absolute Gasteiger partial charge is 0.224 e. The molecule has 23 heavy (non-hydrogen) atoms. The van der Waals surface area contributed by atoms with Crippen LogP contribution in [0.25, 0.3) is 0 Å². The van der Waals surface area contributed by atoms with Crippen LogP contribution in [0.15, 0.2) is 53.0 Å². The monoisotopic (exact) mass is 391 g/mol. The molecule has 120 valence electrons. The average Bonchev–Trinajstić information content (AvgIpc) is 3.32. The number of benzene rings is 2. The van der Waals surface area contributed by atoms with Crippen LogP contribution < -0.4 is 5.32 Å². The topological polar surface area (TPSA) is 29.1 Å². The van der Waals surface area contributed by atoms with Gasteiger partial charge in [0.05, 0.1) is 6.42 Å². The zero-order valence-electron chi connectivity index (χ0n) is 13.0. The summed E-state index contributed by atoms with van der Waals surface area (Å²) in [5.41, 5.74) is 2.38. The lowest BCUT2D eigenvalue weighted by molar-refractivity contribution is -0.121. The standard InChI is InChI=1S/C19H19BrClNO/c1-13(19(10-11-19)15-4-6-16(20)7-5-15)22-18(23)12-14-2-8-17(21)9-3-14/h2-9,13H,10-12H2,1H3,(H,22,23). The van der Waals surface area contributed by atoms with Crippen molar-refractivity contribution in [2.45, 2.75) is 37.6 Å². The van der Waals surface area contributed by atoms with E-state index in [4.69, 9.17) is 11.6 Å². The van der Waals surface area contributed by atoms with Crippen LogP contribution >= 0.6 is 27.5 Å². The maximum atomic E-state index is 12.3. The largest absolute Gasteiger partial charge is 0.352 e. The third-order valence-corrected chi connectivity index (χ3v) is 5.47. The minimum Gasteiger partial charge on any atom is -0.352 e. The maximum absolute atomic E-state index is 12.3. The molecule has 1 saturated carbocycles. The average molecular weight is 393 g/mol. The fourth-order valence-corrected chi connectivity index (χ4v) is 3.50. The number of halogens is 2. The summed E-state index contributed by atoms with van der Waals surface area (Å²) in [6, 6.07) is 16.0. The van der Waals surface area contributed by atoms with Crippen LogP contribution in [0.2, 0.25) is 5.02 Å². The van der Waals surface area contributed by atoms with E-state index >= 15 is 0 Å². The molecule has 0 bridgehead atoms. The Morgan fingerprint density at radius 3 is 2.35 bits per heavy atom. The summed E-state index contributed by atoms with van der Waals surface area (Å²) in [7, 11) is 0. The molecule has 2 nitrogen and oxygen atoms in total. The summed E-state index contributed by atoms with van der Waals surface area (Å²) in [6.45, 7) is 2.11. The Bertz CT molecular complexity index is 692. The molecule has 2 aromatic rings. The summed E-state index contributed by atoms with van der Waals surface area (Å²) in [5, 5.41) is 3.86. The molecule has 1 amide bonds. The molecule has 1 N–H and O–H groups in total. The second kappa shape index (κ2) is 6.66. The van der Waals surface area contributed by atoms with Gasteiger partial charge in [-0.3, -0.25) is 4.79 Å². The number of rotatable bonds is 5. The van der Waals surface area contributed by atoms with E-state index in [0.717, 1.165) is 22.9 Å². The van der Waals surface area contributed by atoms with Crippen LogP contribution in [-0.4, -0.2) is 11.9 Å². The van der Waals surface area contributed by atoms with Crippen molar-refractivity contribution in [3.05, 3.63) is 69.2 Å². The number of nitrogens with one attached hydrogen (secondary N) is 1. The normalized spacial score (nSPS) is 16.7. The van der Waals surface area contributed by atoms with Gasteiger partial charge in [0.2, 0.25) is 5.91 Å². The molecular weight excluding hydrogens is 374 g/mol. The van der Waals surface area contributed by atoms with Crippen LogP contribution in [0, 0.1) is 0 Å². The lowest BCUT2D eigenvalue weighted by Crippen LogP contribution is -2.42. The highest BCUT2D eigenvalue weighted by molar-refractivity contribution is 9.10. The summed E-state index contributed by atoms with van der Waals surface area (Å²) >= 11 is 9.35.